The van der Waals surface area contributed by atoms with Crippen LogP contribution in [0.15, 0.2) is 24.3 Å². The summed E-state index contributed by atoms with van der Waals surface area (Å²) < 4.78 is 5.36. The maximum Gasteiger partial charge on any atom is 0.228 e. The van der Waals surface area contributed by atoms with Gasteiger partial charge < -0.3 is 20.3 Å². The SMILES string of the molecule is COCC1(C(=O)NCC(C)N2CCc3ccccc32)CCNCC1.Cl.Cl. The predicted octanol–water partition coefficient (Wildman–Crippen LogP) is 2.41. The molecule has 26 heavy (non-hydrogen) atoms. The molecule has 1 atom stereocenters. The minimum Gasteiger partial charge on any atom is -0.384 e. The van der Waals surface area contributed by atoms with E-state index in [4.69, 9.17) is 4.74 Å². The Balaban J connectivity index is 0.00000169. The molecule has 1 unspecified atom stereocenters. The number of amides is 1. The molecule has 2 aliphatic heterocycles. The summed E-state index contributed by atoms with van der Waals surface area (Å²) in [6.45, 7) is 6.16. The Bertz CT molecular complexity index is 574. The smallest absolute Gasteiger partial charge is 0.228 e. The Morgan fingerprint density at radius 2 is 2.00 bits per heavy atom. The van der Waals surface area contributed by atoms with Gasteiger partial charge >= 0.3 is 0 Å². The van der Waals surface area contributed by atoms with Gasteiger partial charge in [-0.15, -0.1) is 24.8 Å². The lowest BCUT2D eigenvalue weighted by molar-refractivity contribution is -0.136. The van der Waals surface area contributed by atoms with E-state index < -0.39 is 0 Å². The number of halogens is 2. The van der Waals surface area contributed by atoms with E-state index in [0.717, 1.165) is 38.9 Å². The van der Waals surface area contributed by atoms with Gasteiger partial charge in [-0.05, 0) is 50.9 Å². The molecule has 1 saturated heterocycles. The molecular weight excluding hydrogens is 373 g/mol. The molecule has 0 spiro atoms. The van der Waals surface area contributed by atoms with Crippen LogP contribution in [0.1, 0.15) is 25.3 Å². The number of carbonyl (C=O) groups is 1. The van der Waals surface area contributed by atoms with Gasteiger partial charge in [0, 0.05) is 31.9 Å². The number of benzene rings is 1. The van der Waals surface area contributed by atoms with Crippen molar-refractivity contribution >= 4 is 36.4 Å². The average Bonchev–Trinajstić information content (AvgIpc) is 3.04. The Morgan fingerprint density at radius 1 is 1.31 bits per heavy atom. The highest BCUT2D eigenvalue weighted by Gasteiger charge is 2.39. The molecular formula is C19H31Cl2N3O2. The first-order chi connectivity index (χ1) is 11.7. The molecule has 0 bridgehead atoms. The normalized spacial score (nSPS) is 18.9. The highest BCUT2D eigenvalue weighted by Crippen LogP contribution is 2.31. The van der Waals surface area contributed by atoms with Crippen LogP contribution in [0.2, 0.25) is 0 Å². The van der Waals surface area contributed by atoms with E-state index in [0.29, 0.717) is 19.2 Å². The molecule has 148 valence electrons. The van der Waals surface area contributed by atoms with E-state index in [1.54, 1.807) is 7.11 Å². The fraction of sp³-hybridized carbons (Fsp3) is 0.632. The molecule has 0 saturated carbocycles. The molecule has 0 aromatic heterocycles. The lowest BCUT2D eigenvalue weighted by atomic mass is 9.78. The molecule has 1 aromatic rings. The molecule has 2 N–H and O–H groups in total. The zero-order valence-electron chi connectivity index (χ0n) is 15.6. The second kappa shape index (κ2) is 10.4. The van der Waals surface area contributed by atoms with Crippen LogP contribution in [0.25, 0.3) is 0 Å². The topological polar surface area (TPSA) is 53.6 Å². The molecule has 0 radical (unpaired) electrons. The zero-order valence-corrected chi connectivity index (χ0v) is 17.3. The number of hydrogen-bond acceptors (Lipinski definition) is 4. The fourth-order valence-corrected chi connectivity index (χ4v) is 3.98. The quantitative estimate of drug-likeness (QED) is 0.765. The number of rotatable bonds is 6. The predicted molar refractivity (Wildman–Crippen MR) is 111 cm³/mol. The van der Waals surface area contributed by atoms with Crippen molar-refractivity contribution in [2.75, 3.05) is 44.8 Å². The van der Waals surface area contributed by atoms with Gasteiger partial charge in [-0.25, -0.2) is 0 Å². The van der Waals surface area contributed by atoms with E-state index in [2.05, 4.69) is 46.7 Å². The third kappa shape index (κ3) is 4.83. The van der Waals surface area contributed by atoms with Gasteiger partial charge in [0.15, 0.2) is 0 Å². The largest absolute Gasteiger partial charge is 0.384 e. The van der Waals surface area contributed by atoms with Crippen LogP contribution < -0.4 is 15.5 Å². The Kier molecular flexibility index (Phi) is 9.17. The van der Waals surface area contributed by atoms with Crippen molar-refractivity contribution in [3.8, 4) is 0 Å². The number of carbonyl (C=O) groups excluding carboxylic acids is 1. The molecule has 3 rings (SSSR count). The van der Waals surface area contributed by atoms with Crippen LogP contribution in [0.5, 0.6) is 0 Å². The number of para-hydroxylation sites is 1. The van der Waals surface area contributed by atoms with E-state index in [9.17, 15) is 4.79 Å². The van der Waals surface area contributed by atoms with Gasteiger partial charge in [0.25, 0.3) is 0 Å². The number of anilines is 1. The number of piperidine rings is 1. The van der Waals surface area contributed by atoms with E-state index in [-0.39, 0.29) is 36.1 Å². The van der Waals surface area contributed by atoms with Crippen molar-refractivity contribution in [3.63, 3.8) is 0 Å². The maximum absolute atomic E-state index is 12.8. The molecule has 1 aromatic carbocycles. The zero-order chi connectivity index (χ0) is 17.0. The molecule has 1 fully saturated rings. The third-order valence-corrected chi connectivity index (χ3v) is 5.48. The summed E-state index contributed by atoms with van der Waals surface area (Å²) in [4.78, 5) is 15.2. The van der Waals surface area contributed by atoms with Crippen LogP contribution in [-0.4, -0.2) is 51.8 Å². The Hall–Kier alpha value is -1.01. The van der Waals surface area contributed by atoms with Crippen LogP contribution in [0.3, 0.4) is 0 Å². The molecule has 0 aliphatic carbocycles. The van der Waals surface area contributed by atoms with Crippen LogP contribution >= 0.6 is 24.8 Å². The first-order valence-corrected chi connectivity index (χ1v) is 8.99. The van der Waals surface area contributed by atoms with Gasteiger partial charge in [-0.2, -0.15) is 0 Å². The summed E-state index contributed by atoms with van der Waals surface area (Å²) >= 11 is 0. The number of nitrogens with zero attached hydrogens (tertiary/aromatic N) is 1. The monoisotopic (exact) mass is 403 g/mol. The van der Waals surface area contributed by atoms with Crippen molar-refractivity contribution in [1.29, 1.82) is 0 Å². The number of nitrogens with one attached hydrogen (secondary N) is 2. The van der Waals surface area contributed by atoms with Crippen molar-refractivity contribution in [2.24, 2.45) is 5.41 Å². The minimum absolute atomic E-state index is 0. The number of hydrogen-bond donors (Lipinski definition) is 2. The number of ether oxygens (including phenoxy) is 1. The maximum atomic E-state index is 12.8. The fourth-order valence-electron chi connectivity index (χ4n) is 3.98. The highest BCUT2D eigenvalue weighted by molar-refractivity contribution is 5.85. The molecule has 1 amide bonds. The van der Waals surface area contributed by atoms with Gasteiger partial charge in [0.2, 0.25) is 5.91 Å². The summed E-state index contributed by atoms with van der Waals surface area (Å²) in [7, 11) is 1.68. The lowest BCUT2D eigenvalue weighted by Crippen LogP contribution is -2.52. The number of fused-ring (bicyclic) bond motifs is 1. The summed E-state index contributed by atoms with van der Waals surface area (Å²) in [6, 6.07) is 8.85. The van der Waals surface area contributed by atoms with Crippen molar-refractivity contribution in [3.05, 3.63) is 29.8 Å². The molecule has 2 heterocycles. The third-order valence-electron chi connectivity index (χ3n) is 5.48. The lowest BCUT2D eigenvalue weighted by Gasteiger charge is -2.36. The summed E-state index contributed by atoms with van der Waals surface area (Å²) in [5, 5.41) is 6.53. The van der Waals surface area contributed by atoms with E-state index >= 15 is 0 Å². The second-order valence-corrected chi connectivity index (χ2v) is 7.09. The Labute approximate surface area is 169 Å². The van der Waals surface area contributed by atoms with Crippen molar-refractivity contribution in [2.45, 2.75) is 32.2 Å². The standard InChI is InChI=1S/C19H29N3O2.2ClH/c1-15(22-12-7-16-5-3-4-6-17(16)22)13-21-18(23)19(14-24-2)8-10-20-11-9-19;;/h3-6,15,20H,7-14H2,1-2H3,(H,21,23);2*1H. The molecule has 2 aliphatic rings. The molecule has 5 nitrogen and oxygen atoms in total. The molecule has 7 heteroatoms. The number of methoxy groups -OCH3 is 1. The highest BCUT2D eigenvalue weighted by atomic mass is 35.5. The van der Waals surface area contributed by atoms with Gasteiger partial charge in [-0.1, -0.05) is 18.2 Å². The van der Waals surface area contributed by atoms with Gasteiger partial charge in [0.1, 0.15) is 0 Å². The first-order valence-electron chi connectivity index (χ1n) is 8.99. The van der Waals surface area contributed by atoms with Crippen LogP contribution in [-0.2, 0) is 16.0 Å². The minimum atomic E-state index is -0.372. The second-order valence-electron chi connectivity index (χ2n) is 7.09. The van der Waals surface area contributed by atoms with E-state index in [1.165, 1.54) is 11.3 Å². The van der Waals surface area contributed by atoms with Crippen LogP contribution in [0.4, 0.5) is 5.69 Å². The average molecular weight is 404 g/mol. The summed E-state index contributed by atoms with van der Waals surface area (Å²) in [6.07, 6.45) is 2.77. The van der Waals surface area contributed by atoms with Gasteiger partial charge in [0.05, 0.1) is 12.0 Å². The first kappa shape index (κ1) is 23.0. The Morgan fingerprint density at radius 3 is 2.69 bits per heavy atom. The van der Waals surface area contributed by atoms with Gasteiger partial charge in [-0.3, -0.25) is 4.79 Å². The summed E-state index contributed by atoms with van der Waals surface area (Å²) in [5.41, 5.74) is 2.35. The van der Waals surface area contributed by atoms with Crippen molar-refractivity contribution in [1.82, 2.24) is 10.6 Å². The summed E-state index contributed by atoms with van der Waals surface area (Å²) in [5.74, 6) is 0.144. The van der Waals surface area contributed by atoms with E-state index in [1.807, 2.05) is 0 Å². The van der Waals surface area contributed by atoms with Crippen molar-refractivity contribution < 1.29 is 9.53 Å². The van der Waals surface area contributed by atoms with Crippen LogP contribution in [0, 0.1) is 5.41 Å².